The second kappa shape index (κ2) is 7.97. The Morgan fingerprint density at radius 1 is 1.29 bits per heavy atom. The molecule has 1 aliphatic rings. The van der Waals surface area contributed by atoms with Crippen LogP contribution in [0.15, 0.2) is 0 Å². The number of carboxylic acid groups (broad SMARTS) is 1. The zero-order valence-corrected chi connectivity index (χ0v) is 12.9. The van der Waals surface area contributed by atoms with E-state index in [1.807, 2.05) is 13.8 Å². The summed E-state index contributed by atoms with van der Waals surface area (Å²) in [6.07, 6.45) is 0.901. The number of aliphatic carboxylic acids is 1. The Morgan fingerprint density at radius 3 is 2.33 bits per heavy atom. The zero-order valence-electron chi connectivity index (χ0n) is 12.9. The van der Waals surface area contributed by atoms with Crippen LogP contribution in [-0.4, -0.2) is 72.1 Å². The van der Waals surface area contributed by atoms with Crippen molar-refractivity contribution in [2.75, 3.05) is 33.3 Å². The molecule has 0 aromatic rings. The van der Waals surface area contributed by atoms with Gasteiger partial charge < -0.3 is 19.6 Å². The molecule has 1 N–H and O–H groups in total. The number of ether oxygens (including phenoxy) is 1. The highest BCUT2D eigenvalue weighted by atomic mass is 16.5. The lowest BCUT2D eigenvalue weighted by atomic mass is 9.97. The Labute approximate surface area is 124 Å². The van der Waals surface area contributed by atoms with Crippen molar-refractivity contribution in [2.45, 2.75) is 32.8 Å². The van der Waals surface area contributed by atoms with E-state index in [-0.39, 0.29) is 37.0 Å². The van der Waals surface area contributed by atoms with Crippen molar-refractivity contribution < 1.29 is 24.2 Å². The summed E-state index contributed by atoms with van der Waals surface area (Å²) in [4.78, 5) is 37.6. The molecule has 2 amide bonds. The molecule has 120 valence electrons. The smallest absolute Gasteiger partial charge is 0.306 e. The van der Waals surface area contributed by atoms with E-state index in [4.69, 9.17) is 9.84 Å². The predicted octanol–water partition coefficient (Wildman–Crippen LogP) is 0.193. The third-order valence-electron chi connectivity index (χ3n) is 3.54. The summed E-state index contributed by atoms with van der Waals surface area (Å²) >= 11 is 0. The van der Waals surface area contributed by atoms with Gasteiger partial charge in [0.1, 0.15) is 6.61 Å². The maximum atomic E-state index is 12.1. The highest BCUT2D eigenvalue weighted by molar-refractivity contribution is 5.85. The molecule has 1 saturated heterocycles. The highest BCUT2D eigenvalue weighted by Gasteiger charge is 2.27. The molecule has 0 aromatic heterocycles. The largest absolute Gasteiger partial charge is 0.481 e. The molecule has 21 heavy (non-hydrogen) atoms. The van der Waals surface area contributed by atoms with Gasteiger partial charge >= 0.3 is 5.97 Å². The molecule has 0 aromatic carbocycles. The van der Waals surface area contributed by atoms with Gasteiger partial charge in [0.15, 0.2) is 0 Å². The molecule has 1 rings (SSSR count). The molecule has 0 bridgehead atoms. The van der Waals surface area contributed by atoms with E-state index in [9.17, 15) is 14.4 Å². The van der Waals surface area contributed by atoms with Crippen LogP contribution in [0.4, 0.5) is 0 Å². The maximum absolute atomic E-state index is 12.1. The van der Waals surface area contributed by atoms with Crippen molar-refractivity contribution in [2.24, 2.45) is 5.92 Å². The number of carboxylic acids is 1. The molecule has 0 unspecified atom stereocenters. The molecule has 1 fully saturated rings. The Hall–Kier alpha value is -1.63. The minimum atomic E-state index is -0.805. The number of hydrogen-bond donors (Lipinski definition) is 1. The minimum Gasteiger partial charge on any atom is -0.481 e. The predicted molar refractivity (Wildman–Crippen MR) is 75.7 cm³/mol. The van der Waals surface area contributed by atoms with Gasteiger partial charge in [0.05, 0.1) is 18.6 Å². The lowest BCUT2D eigenvalue weighted by Gasteiger charge is -2.31. The third kappa shape index (κ3) is 5.71. The van der Waals surface area contributed by atoms with Crippen molar-refractivity contribution in [1.82, 2.24) is 9.80 Å². The van der Waals surface area contributed by atoms with Gasteiger partial charge in [-0.3, -0.25) is 14.4 Å². The van der Waals surface area contributed by atoms with Gasteiger partial charge in [0.2, 0.25) is 11.8 Å². The Kier molecular flexibility index (Phi) is 6.61. The van der Waals surface area contributed by atoms with Crippen LogP contribution in [0.25, 0.3) is 0 Å². The number of hydrogen-bond acceptors (Lipinski definition) is 4. The second-order valence-corrected chi connectivity index (χ2v) is 5.60. The van der Waals surface area contributed by atoms with Gasteiger partial charge in [-0.15, -0.1) is 0 Å². The molecule has 0 radical (unpaired) electrons. The van der Waals surface area contributed by atoms with Gasteiger partial charge in [-0.1, -0.05) is 0 Å². The van der Waals surface area contributed by atoms with Crippen molar-refractivity contribution in [3.05, 3.63) is 0 Å². The second-order valence-electron chi connectivity index (χ2n) is 5.60. The Morgan fingerprint density at radius 2 is 1.86 bits per heavy atom. The number of carbonyl (C=O) groups excluding carboxylic acids is 2. The minimum absolute atomic E-state index is 0.00196. The summed E-state index contributed by atoms with van der Waals surface area (Å²) in [5.74, 6) is -1.57. The van der Waals surface area contributed by atoms with E-state index in [0.29, 0.717) is 25.9 Å². The number of rotatable bonds is 6. The molecule has 1 aliphatic heterocycles. The van der Waals surface area contributed by atoms with Gasteiger partial charge in [-0.25, -0.2) is 0 Å². The van der Waals surface area contributed by atoms with Crippen molar-refractivity contribution in [3.8, 4) is 0 Å². The van der Waals surface area contributed by atoms with Crippen molar-refractivity contribution >= 4 is 17.8 Å². The Balaban J connectivity index is 2.36. The van der Waals surface area contributed by atoms with E-state index in [2.05, 4.69) is 0 Å². The Bertz CT molecular complexity index is 389. The summed E-state index contributed by atoms with van der Waals surface area (Å²) in [6.45, 7) is 4.50. The van der Waals surface area contributed by atoms with Crippen LogP contribution in [0, 0.1) is 5.92 Å². The topological polar surface area (TPSA) is 87.2 Å². The number of likely N-dealkylation sites (N-methyl/N-ethyl adjacent to an activating group) is 1. The molecule has 7 nitrogen and oxygen atoms in total. The normalized spacial score (nSPS) is 16.1. The van der Waals surface area contributed by atoms with Crippen LogP contribution in [0.2, 0.25) is 0 Å². The summed E-state index contributed by atoms with van der Waals surface area (Å²) in [6, 6.07) is 0. The van der Waals surface area contributed by atoms with Crippen LogP contribution >= 0.6 is 0 Å². The van der Waals surface area contributed by atoms with Gasteiger partial charge in [-0.05, 0) is 26.7 Å². The lowest BCUT2D eigenvalue weighted by molar-refractivity contribution is -0.147. The summed E-state index contributed by atoms with van der Waals surface area (Å²) in [5, 5.41) is 8.91. The summed E-state index contributed by atoms with van der Waals surface area (Å²) in [5.41, 5.74) is 0. The first-order valence-electron chi connectivity index (χ1n) is 7.17. The molecule has 0 saturated carbocycles. The molecule has 1 heterocycles. The van der Waals surface area contributed by atoms with Crippen molar-refractivity contribution in [1.29, 1.82) is 0 Å². The maximum Gasteiger partial charge on any atom is 0.306 e. The number of piperidine rings is 1. The van der Waals surface area contributed by atoms with E-state index < -0.39 is 5.97 Å². The van der Waals surface area contributed by atoms with Crippen LogP contribution in [-0.2, 0) is 19.1 Å². The number of carbonyl (C=O) groups is 3. The van der Waals surface area contributed by atoms with E-state index in [1.165, 1.54) is 4.90 Å². The first-order chi connectivity index (χ1) is 9.81. The fourth-order valence-corrected chi connectivity index (χ4v) is 2.12. The number of nitrogens with zero attached hydrogens (tertiary/aromatic N) is 2. The van der Waals surface area contributed by atoms with Crippen molar-refractivity contribution in [3.63, 3.8) is 0 Å². The highest BCUT2D eigenvalue weighted by Crippen LogP contribution is 2.17. The molecule has 0 spiro atoms. The van der Waals surface area contributed by atoms with Crippen LogP contribution < -0.4 is 0 Å². The van der Waals surface area contributed by atoms with Crippen LogP contribution in [0.5, 0.6) is 0 Å². The molecular formula is C14H24N2O5. The third-order valence-corrected chi connectivity index (χ3v) is 3.54. The average Bonchev–Trinajstić information content (AvgIpc) is 2.44. The first-order valence-corrected chi connectivity index (χ1v) is 7.17. The molecular weight excluding hydrogens is 276 g/mol. The van der Waals surface area contributed by atoms with Gasteiger partial charge in [0, 0.05) is 20.1 Å². The fraction of sp³-hybridized carbons (Fsp3) is 0.786. The van der Waals surface area contributed by atoms with Crippen LogP contribution in [0.3, 0.4) is 0 Å². The summed E-state index contributed by atoms with van der Waals surface area (Å²) in [7, 11) is 1.56. The molecule has 0 atom stereocenters. The van der Waals surface area contributed by atoms with E-state index in [1.54, 1.807) is 11.9 Å². The standard InChI is InChI=1S/C14H24N2O5/c1-10(2)21-9-13(18)15(3)8-12(17)16-6-4-11(5-7-16)14(19)20/h10-11H,4-9H2,1-3H3,(H,19,20). The van der Waals surface area contributed by atoms with Gasteiger partial charge in [0.25, 0.3) is 0 Å². The monoisotopic (exact) mass is 300 g/mol. The zero-order chi connectivity index (χ0) is 16.0. The number of likely N-dealkylation sites (tertiary alicyclic amines) is 1. The van der Waals surface area contributed by atoms with E-state index in [0.717, 1.165) is 0 Å². The SMILES string of the molecule is CC(C)OCC(=O)N(C)CC(=O)N1CCC(C(=O)O)CC1. The molecule has 7 heteroatoms. The number of amides is 2. The first kappa shape index (κ1) is 17.4. The fourth-order valence-electron chi connectivity index (χ4n) is 2.12. The van der Waals surface area contributed by atoms with E-state index >= 15 is 0 Å². The quantitative estimate of drug-likeness (QED) is 0.757. The van der Waals surface area contributed by atoms with Crippen LogP contribution in [0.1, 0.15) is 26.7 Å². The van der Waals surface area contributed by atoms with Gasteiger partial charge in [-0.2, -0.15) is 0 Å². The lowest BCUT2D eigenvalue weighted by Crippen LogP contribution is -2.46. The average molecular weight is 300 g/mol. The summed E-state index contributed by atoms with van der Waals surface area (Å²) < 4.78 is 5.21. The molecule has 0 aliphatic carbocycles.